The average molecular weight is 278 g/mol. The normalized spacial score (nSPS) is 22.1. The molecule has 1 aromatic rings. The molecule has 5 nitrogen and oxygen atoms in total. The highest BCUT2D eigenvalue weighted by molar-refractivity contribution is 8.16. The van der Waals surface area contributed by atoms with E-state index in [4.69, 9.17) is 0 Å². The number of hydrazone groups is 1. The second-order valence-corrected chi connectivity index (χ2v) is 5.56. The maximum Gasteiger partial charge on any atom is 0.365 e. The summed E-state index contributed by atoms with van der Waals surface area (Å²) in [6, 6.07) is 9.47. The number of hydrogen-bond acceptors (Lipinski definition) is 5. The maximum absolute atomic E-state index is 11.7. The Kier molecular flexibility index (Phi) is 3.61. The monoisotopic (exact) mass is 278 g/mol. The van der Waals surface area contributed by atoms with Gasteiger partial charge in [0.05, 0.1) is 7.11 Å². The summed E-state index contributed by atoms with van der Waals surface area (Å²) in [7, 11) is 1.29. The van der Waals surface area contributed by atoms with E-state index in [0.717, 1.165) is 5.56 Å². The van der Waals surface area contributed by atoms with E-state index in [1.807, 2.05) is 37.3 Å². The highest BCUT2D eigenvalue weighted by Gasteiger charge is 2.45. The number of benzene rings is 1. The molecule has 1 heterocycles. The van der Waals surface area contributed by atoms with Crippen LogP contribution in [0.5, 0.6) is 0 Å². The number of rotatable bonds is 2. The fourth-order valence-corrected chi connectivity index (χ4v) is 3.08. The van der Waals surface area contributed by atoms with Crippen LogP contribution in [0.3, 0.4) is 0 Å². The lowest BCUT2D eigenvalue weighted by molar-refractivity contribution is -0.132. The molecule has 1 aliphatic heterocycles. The van der Waals surface area contributed by atoms with Crippen molar-refractivity contribution in [1.29, 1.82) is 0 Å². The van der Waals surface area contributed by atoms with Crippen LogP contribution in [0.1, 0.15) is 19.4 Å². The predicted octanol–water partition coefficient (Wildman–Crippen LogP) is 1.94. The number of esters is 1. The van der Waals surface area contributed by atoms with Crippen molar-refractivity contribution in [2.24, 2.45) is 5.10 Å². The molecule has 0 N–H and O–H groups in total. The van der Waals surface area contributed by atoms with E-state index < -0.39 is 10.8 Å². The molecular weight excluding hydrogens is 264 g/mol. The molecule has 2 rings (SSSR count). The molecule has 6 heteroatoms. The van der Waals surface area contributed by atoms with Gasteiger partial charge in [0, 0.05) is 6.92 Å². The van der Waals surface area contributed by atoms with Gasteiger partial charge < -0.3 is 4.74 Å². The summed E-state index contributed by atoms with van der Waals surface area (Å²) in [5, 5.41) is 5.58. The van der Waals surface area contributed by atoms with E-state index >= 15 is 0 Å². The Bertz CT molecular complexity index is 544. The Hall–Kier alpha value is -1.82. The largest absolute Gasteiger partial charge is 0.464 e. The third-order valence-electron chi connectivity index (χ3n) is 2.86. The summed E-state index contributed by atoms with van der Waals surface area (Å²) in [6.07, 6.45) is 0. The van der Waals surface area contributed by atoms with Crippen LogP contribution >= 0.6 is 11.8 Å². The number of carbonyl (C=O) groups is 2. The molecule has 0 spiro atoms. The van der Waals surface area contributed by atoms with E-state index in [2.05, 4.69) is 9.84 Å². The summed E-state index contributed by atoms with van der Waals surface area (Å²) in [4.78, 5) is 22.6. The predicted molar refractivity (Wildman–Crippen MR) is 73.4 cm³/mol. The number of nitrogens with zero attached hydrogens (tertiary/aromatic N) is 2. The molecule has 0 saturated heterocycles. The van der Waals surface area contributed by atoms with Gasteiger partial charge in [-0.25, -0.2) is 9.80 Å². The van der Waals surface area contributed by atoms with Crippen LogP contribution in [-0.4, -0.2) is 29.0 Å². The Balaban J connectivity index is 2.42. The van der Waals surface area contributed by atoms with Gasteiger partial charge in [-0.3, -0.25) is 4.79 Å². The zero-order valence-corrected chi connectivity index (χ0v) is 11.7. The lowest BCUT2D eigenvalue weighted by atomic mass is 10.1. The summed E-state index contributed by atoms with van der Waals surface area (Å²) >= 11 is 1.22. The minimum atomic E-state index is -0.726. The molecule has 1 aliphatic rings. The van der Waals surface area contributed by atoms with Crippen molar-refractivity contribution >= 4 is 28.7 Å². The van der Waals surface area contributed by atoms with Gasteiger partial charge in [0.15, 0.2) is 0 Å². The first kappa shape index (κ1) is 13.6. The Morgan fingerprint density at radius 1 is 1.32 bits per heavy atom. The number of methoxy groups -OCH3 is 1. The SMILES string of the molecule is COC(=O)C1=NN(C(C)=O)C(C)(c2ccccc2)S1. The van der Waals surface area contributed by atoms with Crippen LogP contribution in [0.15, 0.2) is 35.4 Å². The highest BCUT2D eigenvalue weighted by Crippen LogP contribution is 2.45. The molecule has 0 aromatic heterocycles. The van der Waals surface area contributed by atoms with Crippen LogP contribution in [0.2, 0.25) is 0 Å². The first-order valence-electron chi connectivity index (χ1n) is 5.71. The van der Waals surface area contributed by atoms with E-state index in [-0.39, 0.29) is 11.0 Å². The van der Waals surface area contributed by atoms with Crippen LogP contribution in [0, 0.1) is 0 Å². The van der Waals surface area contributed by atoms with Gasteiger partial charge in [-0.1, -0.05) is 42.1 Å². The minimum Gasteiger partial charge on any atom is -0.464 e. The van der Waals surface area contributed by atoms with Crippen LogP contribution in [0.4, 0.5) is 0 Å². The number of carbonyl (C=O) groups excluding carboxylic acids is 2. The number of hydrogen-bond donors (Lipinski definition) is 0. The topological polar surface area (TPSA) is 59.0 Å². The van der Waals surface area contributed by atoms with Crippen molar-refractivity contribution < 1.29 is 14.3 Å². The van der Waals surface area contributed by atoms with Crippen molar-refractivity contribution in [3.05, 3.63) is 35.9 Å². The quantitative estimate of drug-likeness (QED) is 0.776. The van der Waals surface area contributed by atoms with Crippen molar-refractivity contribution in [3.8, 4) is 0 Å². The number of ether oxygens (including phenoxy) is 1. The third-order valence-corrected chi connectivity index (χ3v) is 4.11. The molecule has 0 bridgehead atoms. The first-order valence-corrected chi connectivity index (χ1v) is 6.53. The van der Waals surface area contributed by atoms with Gasteiger partial charge in [-0.05, 0) is 12.5 Å². The summed E-state index contributed by atoms with van der Waals surface area (Å²) in [6.45, 7) is 3.28. The van der Waals surface area contributed by atoms with Gasteiger partial charge in [0.1, 0.15) is 4.87 Å². The number of thioether (sulfide) groups is 1. The lowest BCUT2D eigenvalue weighted by Crippen LogP contribution is -2.37. The van der Waals surface area contributed by atoms with E-state index in [0.29, 0.717) is 0 Å². The van der Waals surface area contributed by atoms with Gasteiger partial charge in [-0.2, -0.15) is 5.10 Å². The summed E-state index contributed by atoms with van der Waals surface area (Å²) in [5.74, 6) is -0.756. The van der Waals surface area contributed by atoms with Gasteiger partial charge >= 0.3 is 5.97 Å². The molecule has 0 radical (unpaired) electrons. The van der Waals surface area contributed by atoms with Crippen LogP contribution in [0.25, 0.3) is 0 Å². The molecule has 1 unspecified atom stereocenters. The van der Waals surface area contributed by atoms with Gasteiger partial charge in [-0.15, -0.1) is 0 Å². The van der Waals surface area contributed by atoms with Crippen molar-refractivity contribution in [2.45, 2.75) is 18.7 Å². The maximum atomic E-state index is 11.7. The average Bonchev–Trinajstić information content (AvgIpc) is 2.78. The lowest BCUT2D eigenvalue weighted by Gasteiger charge is -2.31. The Labute approximate surface area is 115 Å². The Morgan fingerprint density at radius 3 is 2.47 bits per heavy atom. The molecule has 1 atom stereocenters. The Morgan fingerprint density at radius 2 is 1.95 bits per heavy atom. The standard InChI is InChI=1S/C13H14N2O3S/c1-9(16)15-13(2,10-7-5-4-6-8-10)19-11(14-15)12(17)18-3/h4-8H,1-3H3. The van der Waals surface area contributed by atoms with Crippen molar-refractivity contribution in [3.63, 3.8) is 0 Å². The second-order valence-electron chi connectivity index (χ2n) is 4.18. The summed E-state index contributed by atoms with van der Waals surface area (Å²) in [5.41, 5.74) is 0.901. The van der Waals surface area contributed by atoms with Gasteiger partial charge in [0.25, 0.3) is 0 Å². The minimum absolute atomic E-state index is 0.184. The molecule has 19 heavy (non-hydrogen) atoms. The first-order chi connectivity index (χ1) is 8.99. The fraction of sp³-hybridized carbons (Fsp3) is 0.308. The molecule has 0 aliphatic carbocycles. The van der Waals surface area contributed by atoms with E-state index in [9.17, 15) is 9.59 Å². The molecule has 0 fully saturated rings. The van der Waals surface area contributed by atoms with E-state index in [1.165, 1.54) is 30.8 Å². The second kappa shape index (κ2) is 5.05. The molecule has 1 amide bonds. The number of amides is 1. The smallest absolute Gasteiger partial charge is 0.365 e. The molecular formula is C13H14N2O3S. The van der Waals surface area contributed by atoms with E-state index in [1.54, 1.807) is 0 Å². The van der Waals surface area contributed by atoms with Crippen molar-refractivity contribution in [1.82, 2.24) is 5.01 Å². The van der Waals surface area contributed by atoms with Crippen molar-refractivity contribution in [2.75, 3.05) is 7.11 Å². The summed E-state index contributed by atoms with van der Waals surface area (Å²) < 4.78 is 4.66. The molecule has 100 valence electrons. The highest BCUT2D eigenvalue weighted by atomic mass is 32.2. The fourth-order valence-electron chi connectivity index (χ4n) is 1.91. The van der Waals surface area contributed by atoms with Crippen LogP contribution < -0.4 is 0 Å². The zero-order valence-electron chi connectivity index (χ0n) is 10.9. The van der Waals surface area contributed by atoms with Crippen LogP contribution in [-0.2, 0) is 19.2 Å². The van der Waals surface area contributed by atoms with Gasteiger partial charge in [0.2, 0.25) is 11.0 Å². The molecule has 0 saturated carbocycles. The molecule has 1 aromatic carbocycles. The zero-order chi connectivity index (χ0) is 14.0. The third kappa shape index (κ3) is 2.35.